The second-order valence-electron chi connectivity index (χ2n) is 3.98. The summed E-state index contributed by atoms with van der Waals surface area (Å²) in [6.07, 6.45) is 1.67. The van der Waals surface area contributed by atoms with E-state index in [1.807, 2.05) is 25.1 Å². The van der Waals surface area contributed by atoms with Crippen molar-refractivity contribution < 1.29 is 9.13 Å². The fourth-order valence-electron chi connectivity index (χ4n) is 1.83. The summed E-state index contributed by atoms with van der Waals surface area (Å²) in [5.74, 6) is 0.371. The Bertz CT molecular complexity index is 552. The van der Waals surface area contributed by atoms with Crippen LogP contribution >= 0.6 is 0 Å². The molecule has 1 heterocycles. The van der Waals surface area contributed by atoms with Gasteiger partial charge in [0.2, 0.25) is 5.88 Å². The van der Waals surface area contributed by atoms with Crippen molar-refractivity contribution in [2.75, 3.05) is 7.11 Å². The van der Waals surface area contributed by atoms with E-state index >= 15 is 0 Å². The minimum absolute atomic E-state index is 0.186. The average molecular weight is 231 g/mol. The van der Waals surface area contributed by atoms with E-state index in [-0.39, 0.29) is 5.82 Å². The lowest BCUT2D eigenvalue weighted by atomic mass is 9.99. The highest BCUT2D eigenvalue weighted by molar-refractivity contribution is 5.72. The van der Waals surface area contributed by atoms with E-state index in [2.05, 4.69) is 4.98 Å². The second kappa shape index (κ2) is 4.53. The Morgan fingerprint density at radius 1 is 1.12 bits per heavy atom. The Balaban J connectivity index is 2.64. The molecule has 2 rings (SSSR count). The molecule has 0 saturated heterocycles. The van der Waals surface area contributed by atoms with E-state index in [9.17, 15) is 4.39 Å². The minimum atomic E-state index is -0.186. The van der Waals surface area contributed by atoms with Gasteiger partial charge in [-0.15, -0.1) is 0 Å². The van der Waals surface area contributed by atoms with E-state index in [1.165, 1.54) is 6.07 Å². The quantitative estimate of drug-likeness (QED) is 0.789. The maximum absolute atomic E-state index is 13.4. The van der Waals surface area contributed by atoms with Gasteiger partial charge in [0.05, 0.1) is 7.11 Å². The SMILES string of the molecule is COc1ncccc1-c1cc(C)c(F)cc1C. The van der Waals surface area contributed by atoms with E-state index in [0.717, 1.165) is 16.7 Å². The summed E-state index contributed by atoms with van der Waals surface area (Å²) in [5, 5.41) is 0. The third kappa shape index (κ3) is 2.13. The highest BCUT2D eigenvalue weighted by atomic mass is 19.1. The third-order valence-electron chi connectivity index (χ3n) is 2.76. The van der Waals surface area contributed by atoms with Crippen LogP contribution in [0.3, 0.4) is 0 Å². The van der Waals surface area contributed by atoms with E-state index in [0.29, 0.717) is 11.4 Å². The number of rotatable bonds is 2. The molecular formula is C14H14FNO. The van der Waals surface area contributed by atoms with Gasteiger partial charge in [0, 0.05) is 11.8 Å². The summed E-state index contributed by atoms with van der Waals surface area (Å²) < 4.78 is 18.6. The van der Waals surface area contributed by atoms with Gasteiger partial charge in [-0.05, 0) is 54.8 Å². The Kier molecular flexibility index (Phi) is 3.09. The molecule has 1 aromatic carbocycles. The highest BCUT2D eigenvalue weighted by Gasteiger charge is 2.11. The van der Waals surface area contributed by atoms with Crippen LogP contribution in [0.1, 0.15) is 11.1 Å². The van der Waals surface area contributed by atoms with Crippen LogP contribution in [0.25, 0.3) is 11.1 Å². The number of hydrogen-bond donors (Lipinski definition) is 0. The van der Waals surface area contributed by atoms with Crippen molar-refractivity contribution in [2.24, 2.45) is 0 Å². The number of hydrogen-bond acceptors (Lipinski definition) is 2. The van der Waals surface area contributed by atoms with Crippen LogP contribution in [-0.4, -0.2) is 12.1 Å². The van der Waals surface area contributed by atoms with Gasteiger partial charge in [-0.25, -0.2) is 9.37 Å². The summed E-state index contributed by atoms with van der Waals surface area (Å²) in [5.41, 5.74) is 3.33. The van der Waals surface area contributed by atoms with Crippen molar-refractivity contribution in [2.45, 2.75) is 13.8 Å². The minimum Gasteiger partial charge on any atom is -0.481 e. The van der Waals surface area contributed by atoms with Gasteiger partial charge in [0.15, 0.2) is 0 Å². The highest BCUT2D eigenvalue weighted by Crippen LogP contribution is 2.31. The molecule has 2 nitrogen and oxygen atoms in total. The first kappa shape index (κ1) is 11.6. The molecule has 2 aromatic rings. The number of aryl methyl sites for hydroxylation is 2. The predicted molar refractivity (Wildman–Crippen MR) is 65.7 cm³/mol. The van der Waals surface area contributed by atoms with Gasteiger partial charge in [-0.2, -0.15) is 0 Å². The van der Waals surface area contributed by atoms with Crippen molar-refractivity contribution in [1.82, 2.24) is 4.98 Å². The van der Waals surface area contributed by atoms with Gasteiger partial charge >= 0.3 is 0 Å². The van der Waals surface area contributed by atoms with Crippen molar-refractivity contribution in [3.8, 4) is 17.0 Å². The summed E-state index contributed by atoms with van der Waals surface area (Å²) in [6.45, 7) is 3.63. The molecule has 0 aliphatic carbocycles. The fourth-order valence-corrected chi connectivity index (χ4v) is 1.83. The molecule has 17 heavy (non-hydrogen) atoms. The van der Waals surface area contributed by atoms with Crippen LogP contribution in [0.15, 0.2) is 30.5 Å². The van der Waals surface area contributed by atoms with Gasteiger partial charge in [-0.3, -0.25) is 0 Å². The number of pyridine rings is 1. The number of aromatic nitrogens is 1. The largest absolute Gasteiger partial charge is 0.481 e. The van der Waals surface area contributed by atoms with Crippen LogP contribution in [0.5, 0.6) is 5.88 Å². The number of ether oxygens (including phenoxy) is 1. The Morgan fingerprint density at radius 2 is 1.88 bits per heavy atom. The predicted octanol–water partition coefficient (Wildman–Crippen LogP) is 3.51. The fraction of sp³-hybridized carbons (Fsp3) is 0.214. The number of nitrogens with zero attached hydrogens (tertiary/aromatic N) is 1. The standard InChI is InChI=1S/C14H14FNO/c1-9-8-13(15)10(2)7-12(9)11-5-4-6-16-14(11)17-3/h4-8H,1-3H3. The summed E-state index contributed by atoms with van der Waals surface area (Å²) in [7, 11) is 1.58. The molecule has 88 valence electrons. The van der Waals surface area contributed by atoms with Gasteiger partial charge in [0.25, 0.3) is 0 Å². The van der Waals surface area contributed by atoms with Crippen molar-refractivity contribution in [3.05, 3.63) is 47.4 Å². The third-order valence-corrected chi connectivity index (χ3v) is 2.76. The molecule has 0 N–H and O–H groups in total. The zero-order valence-electron chi connectivity index (χ0n) is 10.1. The molecule has 1 aromatic heterocycles. The molecule has 0 unspecified atom stereocenters. The van der Waals surface area contributed by atoms with E-state index < -0.39 is 0 Å². The van der Waals surface area contributed by atoms with Gasteiger partial charge in [0.1, 0.15) is 5.82 Å². The molecule has 0 spiro atoms. The van der Waals surface area contributed by atoms with E-state index in [4.69, 9.17) is 4.74 Å². The number of benzene rings is 1. The van der Waals surface area contributed by atoms with Gasteiger partial charge in [-0.1, -0.05) is 0 Å². The molecule has 0 saturated carbocycles. The van der Waals surface area contributed by atoms with Crippen molar-refractivity contribution in [3.63, 3.8) is 0 Å². The first-order valence-corrected chi connectivity index (χ1v) is 5.39. The molecule has 0 bridgehead atoms. The normalized spacial score (nSPS) is 10.4. The molecule has 3 heteroatoms. The zero-order valence-corrected chi connectivity index (χ0v) is 10.1. The monoisotopic (exact) mass is 231 g/mol. The Labute approximate surface area is 100 Å². The molecule has 0 aliphatic rings. The Hall–Kier alpha value is -1.90. The van der Waals surface area contributed by atoms with Crippen LogP contribution in [0.2, 0.25) is 0 Å². The van der Waals surface area contributed by atoms with Crippen molar-refractivity contribution >= 4 is 0 Å². The molecule has 0 atom stereocenters. The molecule has 0 fully saturated rings. The second-order valence-corrected chi connectivity index (χ2v) is 3.98. The lowest BCUT2D eigenvalue weighted by Gasteiger charge is -2.11. The smallest absolute Gasteiger partial charge is 0.221 e. The lowest BCUT2D eigenvalue weighted by Crippen LogP contribution is -1.94. The lowest BCUT2D eigenvalue weighted by molar-refractivity contribution is 0.399. The maximum atomic E-state index is 13.4. The number of methoxy groups -OCH3 is 1. The molecule has 0 aliphatic heterocycles. The van der Waals surface area contributed by atoms with Crippen LogP contribution < -0.4 is 4.74 Å². The summed E-state index contributed by atoms with van der Waals surface area (Å²) in [6, 6.07) is 7.13. The van der Waals surface area contributed by atoms with Crippen LogP contribution in [0, 0.1) is 19.7 Å². The molecular weight excluding hydrogens is 217 g/mol. The maximum Gasteiger partial charge on any atom is 0.221 e. The van der Waals surface area contributed by atoms with Crippen molar-refractivity contribution in [1.29, 1.82) is 0 Å². The van der Waals surface area contributed by atoms with E-state index in [1.54, 1.807) is 20.2 Å². The number of halogens is 1. The van der Waals surface area contributed by atoms with Crippen LogP contribution in [0.4, 0.5) is 4.39 Å². The van der Waals surface area contributed by atoms with Crippen LogP contribution in [-0.2, 0) is 0 Å². The molecule has 0 radical (unpaired) electrons. The zero-order chi connectivity index (χ0) is 12.4. The summed E-state index contributed by atoms with van der Waals surface area (Å²) in [4.78, 5) is 4.15. The summed E-state index contributed by atoms with van der Waals surface area (Å²) >= 11 is 0. The first-order valence-electron chi connectivity index (χ1n) is 5.39. The topological polar surface area (TPSA) is 22.1 Å². The first-order chi connectivity index (χ1) is 8.13. The average Bonchev–Trinajstić information content (AvgIpc) is 2.34. The van der Waals surface area contributed by atoms with Gasteiger partial charge < -0.3 is 4.74 Å². The molecule has 0 amide bonds. The Morgan fingerprint density at radius 3 is 2.59 bits per heavy atom.